The lowest BCUT2D eigenvalue weighted by molar-refractivity contribution is 0.483. The number of nitrogens with zero attached hydrogens (tertiary/aromatic N) is 3. The minimum atomic E-state index is -0.101. The maximum Gasteiger partial charge on any atom is 0.260 e. The second-order valence-corrected chi connectivity index (χ2v) is 5.38. The molecule has 0 saturated heterocycles. The van der Waals surface area contributed by atoms with Crippen LogP contribution in [0.1, 0.15) is 32.6 Å². The van der Waals surface area contributed by atoms with E-state index >= 15 is 0 Å². The number of hydrogen-bond donors (Lipinski definition) is 1. The molecule has 0 unspecified atom stereocenters. The zero-order valence-electron chi connectivity index (χ0n) is 11.5. The van der Waals surface area contributed by atoms with Gasteiger partial charge < -0.3 is 0 Å². The Balaban J connectivity index is 1.81. The van der Waals surface area contributed by atoms with Crippen LogP contribution in [0.5, 0.6) is 0 Å². The third-order valence-electron chi connectivity index (χ3n) is 3.75. The number of pyridine rings is 1. The first-order valence-electron chi connectivity index (χ1n) is 7.02. The van der Waals surface area contributed by atoms with Crippen molar-refractivity contribution < 1.29 is 0 Å². The van der Waals surface area contributed by atoms with Gasteiger partial charge in [0.05, 0.1) is 0 Å². The van der Waals surface area contributed by atoms with Gasteiger partial charge in [-0.15, -0.1) is 0 Å². The zero-order valence-corrected chi connectivity index (χ0v) is 11.5. The summed E-state index contributed by atoms with van der Waals surface area (Å²) >= 11 is 0. The molecule has 3 rings (SSSR count). The lowest BCUT2D eigenvalue weighted by Gasteiger charge is -2.18. The third kappa shape index (κ3) is 2.71. The fourth-order valence-electron chi connectivity index (χ4n) is 2.45. The minimum Gasteiger partial charge on any atom is -0.269 e. The van der Waals surface area contributed by atoms with Crippen molar-refractivity contribution in [1.29, 1.82) is 0 Å². The molecule has 0 aromatic carbocycles. The van der Waals surface area contributed by atoms with E-state index in [0.29, 0.717) is 11.5 Å². The quantitative estimate of drug-likeness (QED) is 0.853. The van der Waals surface area contributed by atoms with Crippen LogP contribution in [0.25, 0.3) is 5.65 Å². The molecular formula is C15H18N4O. The van der Waals surface area contributed by atoms with Crippen molar-refractivity contribution in [1.82, 2.24) is 9.38 Å². The summed E-state index contributed by atoms with van der Waals surface area (Å²) in [5.74, 6) is 1.30. The van der Waals surface area contributed by atoms with Crippen molar-refractivity contribution in [3.63, 3.8) is 0 Å². The Morgan fingerprint density at radius 2 is 2.15 bits per heavy atom. The van der Waals surface area contributed by atoms with E-state index in [9.17, 15) is 4.79 Å². The van der Waals surface area contributed by atoms with Crippen LogP contribution in [0, 0.1) is 5.92 Å². The molecule has 0 radical (unpaired) electrons. The number of hydrogen-bond acceptors (Lipinski definition) is 4. The predicted molar refractivity (Wildman–Crippen MR) is 80.2 cm³/mol. The van der Waals surface area contributed by atoms with Gasteiger partial charge in [-0.2, -0.15) is 5.10 Å². The van der Waals surface area contributed by atoms with E-state index in [1.807, 2.05) is 18.2 Å². The van der Waals surface area contributed by atoms with Gasteiger partial charge in [0.2, 0.25) is 0 Å². The Hall–Kier alpha value is -2.17. The summed E-state index contributed by atoms with van der Waals surface area (Å²) in [5.41, 5.74) is 4.61. The number of hydrazone groups is 1. The van der Waals surface area contributed by atoms with Crippen molar-refractivity contribution in [2.75, 3.05) is 5.43 Å². The maximum absolute atomic E-state index is 11.9. The molecule has 0 spiro atoms. The topological polar surface area (TPSA) is 58.8 Å². The summed E-state index contributed by atoms with van der Waals surface area (Å²) in [6.07, 6.45) is 6.15. The molecule has 1 aliphatic rings. The van der Waals surface area contributed by atoms with Crippen LogP contribution in [0.15, 0.2) is 40.4 Å². The second-order valence-electron chi connectivity index (χ2n) is 5.38. The van der Waals surface area contributed by atoms with Crippen molar-refractivity contribution in [2.24, 2.45) is 11.0 Å². The molecule has 0 atom stereocenters. The van der Waals surface area contributed by atoms with Gasteiger partial charge in [-0.3, -0.25) is 14.6 Å². The van der Waals surface area contributed by atoms with Gasteiger partial charge in [-0.05, 0) is 43.7 Å². The summed E-state index contributed by atoms with van der Waals surface area (Å²) in [4.78, 5) is 16.3. The van der Waals surface area contributed by atoms with Gasteiger partial charge in [-0.1, -0.05) is 13.0 Å². The normalized spacial score (nSPS) is 19.1. The van der Waals surface area contributed by atoms with E-state index < -0.39 is 0 Å². The van der Waals surface area contributed by atoms with Gasteiger partial charge >= 0.3 is 0 Å². The summed E-state index contributed by atoms with van der Waals surface area (Å²) in [5, 5.41) is 4.39. The smallest absolute Gasteiger partial charge is 0.260 e. The highest BCUT2D eigenvalue weighted by Crippen LogP contribution is 2.21. The van der Waals surface area contributed by atoms with Gasteiger partial charge in [0, 0.05) is 18.0 Å². The summed E-state index contributed by atoms with van der Waals surface area (Å²) in [6, 6.07) is 6.96. The van der Waals surface area contributed by atoms with E-state index in [4.69, 9.17) is 0 Å². The van der Waals surface area contributed by atoms with Gasteiger partial charge in [0.1, 0.15) is 5.65 Å². The Morgan fingerprint density at radius 3 is 2.95 bits per heavy atom. The van der Waals surface area contributed by atoms with Crippen LogP contribution in [-0.4, -0.2) is 15.1 Å². The van der Waals surface area contributed by atoms with E-state index in [2.05, 4.69) is 22.4 Å². The Morgan fingerprint density at radius 1 is 1.35 bits per heavy atom. The summed E-state index contributed by atoms with van der Waals surface area (Å²) in [6.45, 7) is 2.27. The highest BCUT2D eigenvalue weighted by atomic mass is 16.1. The highest BCUT2D eigenvalue weighted by molar-refractivity contribution is 5.85. The summed E-state index contributed by atoms with van der Waals surface area (Å²) in [7, 11) is 0. The molecule has 5 heteroatoms. The van der Waals surface area contributed by atoms with E-state index in [1.54, 1.807) is 6.20 Å². The predicted octanol–water partition coefficient (Wildman–Crippen LogP) is 2.67. The lowest BCUT2D eigenvalue weighted by atomic mass is 9.90. The zero-order chi connectivity index (χ0) is 13.9. The molecule has 1 saturated carbocycles. The first-order chi connectivity index (χ1) is 9.72. The van der Waals surface area contributed by atoms with Crippen molar-refractivity contribution in [2.45, 2.75) is 32.6 Å². The average molecular weight is 270 g/mol. The number of aromatic nitrogens is 2. The van der Waals surface area contributed by atoms with Gasteiger partial charge in [-0.25, -0.2) is 4.98 Å². The SMILES string of the molecule is CC1CCC(=NNc2cc(=O)n3ccccc3n2)CC1. The van der Waals surface area contributed by atoms with Gasteiger partial charge in [0.15, 0.2) is 5.82 Å². The molecule has 2 aromatic rings. The van der Waals surface area contributed by atoms with Crippen molar-refractivity contribution in [3.05, 3.63) is 40.8 Å². The Labute approximate surface area is 117 Å². The fraction of sp³-hybridized carbons (Fsp3) is 0.400. The lowest BCUT2D eigenvalue weighted by Crippen LogP contribution is -2.16. The molecule has 1 fully saturated rings. The number of fused-ring (bicyclic) bond motifs is 1. The molecule has 0 aliphatic heterocycles. The van der Waals surface area contributed by atoms with E-state index in [0.717, 1.165) is 24.5 Å². The molecule has 104 valence electrons. The standard InChI is InChI=1S/C15H18N4O/c1-11-5-7-12(8-6-11)17-18-13-10-15(20)19-9-3-2-4-14(19)16-13/h2-4,9-11,18H,5-8H2,1H3. The van der Waals surface area contributed by atoms with Gasteiger partial charge in [0.25, 0.3) is 5.56 Å². The van der Waals surface area contributed by atoms with Crippen LogP contribution in [0.4, 0.5) is 5.82 Å². The van der Waals surface area contributed by atoms with Crippen molar-refractivity contribution >= 4 is 17.2 Å². The minimum absolute atomic E-state index is 0.101. The first kappa shape index (κ1) is 12.8. The molecule has 1 aliphatic carbocycles. The van der Waals surface area contributed by atoms with Crippen LogP contribution in [-0.2, 0) is 0 Å². The molecule has 20 heavy (non-hydrogen) atoms. The van der Waals surface area contributed by atoms with Crippen molar-refractivity contribution in [3.8, 4) is 0 Å². The van der Waals surface area contributed by atoms with Crippen LogP contribution in [0.3, 0.4) is 0 Å². The van der Waals surface area contributed by atoms with E-state index in [1.165, 1.54) is 23.3 Å². The molecule has 0 bridgehead atoms. The first-order valence-corrected chi connectivity index (χ1v) is 7.02. The second kappa shape index (κ2) is 5.45. The molecule has 5 nitrogen and oxygen atoms in total. The molecule has 0 amide bonds. The highest BCUT2D eigenvalue weighted by Gasteiger charge is 2.13. The van der Waals surface area contributed by atoms with Crippen LogP contribution >= 0.6 is 0 Å². The summed E-state index contributed by atoms with van der Waals surface area (Å²) < 4.78 is 1.51. The Kier molecular flexibility index (Phi) is 3.50. The average Bonchev–Trinajstić information content (AvgIpc) is 2.47. The maximum atomic E-state index is 11.9. The Bertz CT molecular complexity index is 694. The number of nitrogens with one attached hydrogen (secondary N) is 1. The number of rotatable bonds is 2. The van der Waals surface area contributed by atoms with E-state index in [-0.39, 0.29) is 5.56 Å². The largest absolute Gasteiger partial charge is 0.269 e. The molecule has 2 aromatic heterocycles. The molecule has 1 N–H and O–H groups in total. The molecular weight excluding hydrogens is 252 g/mol. The monoisotopic (exact) mass is 270 g/mol. The van der Waals surface area contributed by atoms with Crippen LogP contribution < -0.4 is 11.0 Å². The molecule has 2 heterocycles. The third-order valence-corrected chi connectivity index (χ3v) is 3.75. The number of anilines is 1. The fourth-order valence-corrected chi connectivity index (χ4v) is 2.45. The van der Waals surface area contributed by atoms with Crippen LogP contribution in [0.2, 0.25) is 0 Å².